The first-order chi connectivity index (χ1) is 9.62. The minimum Gasteiger partial charge on any atom is -0.508 e. The lowest BCUT2D eigenvalue weighted by molar-refractivity contribution is 0.462. The van der Waals surface area contributed by atoms with Crippen LogP contribution in [0.2, 0.25) is 0 Å². The molecular formula is C18H22O2. The second kappa shape index (κ2) is 6.00. The lowest BCUT2D eigenvalue weighted by Gasteiger charge is -2.17. The molecule has 0 bridgehead atoms. The molecule has 2 nitrogen and oxygen atoms in total. The summed E-state index contributed by atoms with van der Waals surface area (Å²) in [6.45, 7) is 6.47. The first-order valence-electron chi connectivity index (χ1n) is 7.28. The number of rotatable bonds is 4. The average Bonchev–Trinajstić information content (AvgIpc) is 2.47. The van der Waals surface area contributed by atoms with Crippen LogP contribution in [0.5, 0.6) is 11.5 Å². The number of hydrogen-bond acceptors (Lipinski definition) is 2. The summed E-state index contributed by atoms with van der Waals surface area (Å²) in [5.41, 5.74) is 5.74. The molecule has 0 saturated heterocycles. The molecule has 106 valence electrons. The standard InChI is InChI=1S/C18H22O2/c1-4-12-7-9-16(15(6-3)14(12)5-2)17-11-13(19)8-10-18(17)20/h7-11,19-20H,4-6H2,1-3H3. The number of phenols is 2. The van der Waals surface area contributed by atoms with Crippen molar-refractivity contribution < 1.29 is 10.2 Å². The van der Waals surface area contributed by atoms with E-state index >= 15 is 0 Å². The van der Waals surface area contributed by atoms with Gasteiger partial charge in [-0.1, -0.05) is 32.9 Å². The Labute approximate surface area is 120 Å². The Kier molecular flexibility index (Phi) is 4.33. The van der Waals surface area contributed by atoms with Crippen LogP contribution in [0.15, 0.2) is 30.3 Å². The minimum absolute atomic E-state index is 0.178. The number of phenolic OH excluding ortho intramolecular Hbond substituents is 2. The zero-order valence-corrected chi connectivity index (χ0v) is 12.4. The molecule has 2 aromatic rings. The Morgan fingerprint density at radius 3 is 2.05 bits per heavy atom. The Morgan fingerprint density at radius 2 is 1.45 bits per heavy atom. The maximum atomic E-state index is 10.1. The van der Waals surface area contributed by atoms with E-state index in [9.17, 15) is 10.2 Å². The van der Waals surface area contributed by atoms with Crippen molar-refractivity contribution in [1.29, 1.82) is 0 Å². The van der Waals surface area contributed by atoms with Gasteiger partial charge in [0, 0.05) is 5.56 Å². The highest BCUT2D eigenvalue weighted by Gasteiger charge is 2.14. The van der Waals surface area contributed by atoms with Crippen LogP contribution in [0.25, 0.3) is 11.1 Å². The van der Waals surface area contributed by atoms with Crippen LogP contribution in [0.3, 0.4) is 0 Å². The van der Waals surface area contributed by atoms with Crippen LogP contribution < -0.4 is 0 Å². The largest absolute Gasteiger partial charge is 0.508 e. The monoisotopic (exact) mass is 270 g/mol. The van der Waals surface area contributed by atoms with E-state index in [2.05, 4.69) is 32.9 Å². The third-order valence-electron chi connectivity index (χ3n) is 3.89. The SMILES string of the molecule is CCc1ccc(-c2cc(O)ccc2O)c(CC)c1CC. The van der Waals surface area contributed by atoms with Crippen molar-refractivity contribution in [2.24, 2.45) is 0 Å². The molecular weight excluding hydrogens is 248 g/mol. The molecule has 0 amide bonds. The maximum absolute atomic E-state index is 10.1. The molecule has 0 unspecified atom stereocenters. The third kappa shape index (κ3) is 2.51. The topological polar surface area (TPSA) is 40.5 Å². The predicted molar refractivity (Wildman–Crippen MR) is 83.3 cm³/mol. The van der Waals surface area contributed by atoms with Crippen LogP contribution in [0.4, 0.5) is 0 Å². The Balaban J connectivity index is 2.71. The van der Waals surface area contributed by atoms with Crippen LogP contribution >= 0.6 is 0 Å². The molecule has 20 heavy (non-hydrogen) atoms. The van der Waals surface area contributed by atoms with Crippen LogP contribution in [-0.4, -0.2) is 10.2 Å². The first kappa shape index (κ1) is 14.4. The van der Waals surface area contributed by atoms with Gasteiger partial charge in [0.1, 0.15) is 11.5 Å². The highest BCUT2D eigenvalue weighted by atomic mass is 16.3. The number of benzene rings is 2. The molecule has 0 spiro atoms. The van der Waals surface area contributed by atoms with Gasteiger partial charge < -0.3 is 10.2 Å². The summed E-state index contributed by atoms with van der Waals surface area (Å²) < 4.78 is 0. The molecule has 0 aliphatic rings. The van der Waals surface area contributed by atoms with Gasteiger partial charge in [-0.05, 0) is 59.7 Å². The van der Waals surface area contributed by atoms with Gasteiger partial charge in [0.15, 0.2) is 0 Å². The molecule has 0 saturated carbocycles. The molecule has 0 atom stereocenters. The fourth-order valence-corrected chi connectivity index (χ4v) is 2.91. The zero-order chi connectivity index (χ0) is 14.7. The van der Waals surface area contributed by atoms with Gasteiger partial charge in [0.05, 0.1) is 0 Å². The van der Waals surface area contributed by atoms with Crippen molar-refractivity contribution in [3.63, 3.8) is 0 Å². The van der Waals surface area contributed by atoms with Gasteiger partial charge in [-0.15, -0.1) is 0 Å². The number of aryl methyl sites for hydroxylation is 1. The highest BCUT2D eigenvalue weighted by molar-refractivity contribution is 5.76. The summed E-state index contributed by atoms with van der Waals surface area (Å²) in [4.78, 5) is 0. The number of aromatic hydroxyl groups is 2. The molecule has 0 radical (unpaired) electrons. The smallest absolute Gasteiger partial charge is 0.123 e. The van der Waals surface area contributed by atoms with Gasteiger partial charge in [-0.3, -0.25) is 0 Å². The molecule has 2 aromatic carbocycles. The van der Waals surface area contributed by atoms with E-state index in [4.69, 9.17) is 0 Å². The number of hydrogen-bond donors (Lipinski definition) is 2. The first-order valence-corrected chi connectivity index (χ1v) is 7.28. The van der Waals surface area contributed by atoms with Crippen molar-refractivity contribution in [2.75, 3.05) is 0 Å². The second-order valence-electron chi connectivity index (χ2n) is 4.99. The summed E-state index contributed by atoms with van der Waals surface area (Å²) in [6.07, 6.45) is 2.92. The second-order valence-corrected chi connectivity index (χ2v) is 4.99. The molecule has 0 fully saturated rings. The Morgan fingerprint density at radius 1 is 0.750 bits per heavy atom. The molecule has 2 N–H and O–H groups in total. The van der Waals surface area contributed by atoms with Crippen molar-refractivity contribution >= 4 is 0 Å². The molecule has 0 aromatic heterocycles. The third-order valence-corrected chi connectivity index (χ3v) is 3.89. The van der Waals surface area contributed by atoms with Crippen molar-refractivity contribution in [1.82, 2.24) is 0 Å². The quantitative estimate of drug-likeness (QED) is 0.806. The summed E-state index contributed by atoms with van der Waals surface area (Å²) in [7, 11) is 0. The lowest BCUT2D eigenvalue weighted by Crippen LogP contribution is -2.00. The molecule has 2 rings (SSSR count). The maximum Gasteiger partial charge on any atom is 0.123 e. The highest BCUT2D eigenvalue weighted by Crippen LogP contribution is 2.37. The molecule has 2 heteroatoms. The van der Waals surface area contributed by atoms with E-state index < -0.39 is 0 Å². The summed E-state index contributed by atoms with van der Waals surface area (Å²) >= 11 is 0. The molecule has 0 heterocycles. The summed E-state index contributed by atoms with van der Waals surface area (Å²) in [5, 5.41) is 19.8. The summed E-state index contributed by atoms with van der Waals surface area (Å²) in [5.74, 6) is 0.390. The van der Waals surface area contributed by atoms with E-state index in [1.54, 1.807) is 12.1 Å². The van der Waals surface area contributed by atoms with Crippen molar-refractivity contribution in [2.45, 2.75) is 40.0 Å². The van der Waals surface area contributed by atoms with Crippen LogP contribution in [-0.2, 0) is 19.3 Å². The zero-order valence-electron chi connectivity index (χ0n) is 12.4. The Hall–Kier alpha value is -1.96. The van der Waals surface area contributed by atoms with Gasteiger partial charge >= 0.3 is 0 Å². The van der Waals surface area contributed by atoms with Crippen molar-refractivity contribution in [3.05, 3.63) is 47.0 Å². The van der Waals surface area contributed by atoms with E-state index in [-0.39, 0.29) is 11.5 Å². The fourth-order valence-electron chi connectivity index (χ4n) is 2.91. The van der Waals surface area contributed by atoms with Crippen LogP contribution in [0, 0.1) is 0 Å². The summed E-state index contributed by atoms with van der Waals surface area (Å²) in [6, 6.07) is 8.88. The van der Waals surface area contributed by atoms with E-state index in [1.807, 2.05) is 0 Å². The van der Waals surface area contributed by atoms with E-state index in [1.165, 1.54) is 22.8 Å². The van der Waals surface area contributed by atoms with Crippen LogP contribution in [0.1, 0.15) is 37.5 Å². The van der Waals surface area contributed by atoms with Gasteiger partial charge in [-0.25, -0.2) is 0 Å². The van der Waals surface area contributed by atoms with Gasteiger partial charge in [-0.2, -0.15) is 0 Å². The molecule has 0 aliphatic carbocycles. The molecule has 0 aliphatic heterocycles. The predicted octanol–water partition coefficient (Wildman–Crippen LogP) is 4.45. The normalized spacial score (nSPS) is 10.8. The van der Waals surface area contributed by atoms with E-state index in [0.717, 1.165) is 24.8 Å². The Bertz CT molecular complexity index is 615. The minimum atomic E-state index is 0.178. The van der Waals surface area contributed by atoms with Gasteiger partial charge in [0.25, 0.3) is 0 Å². The lowest BCUT2D eigenvalue weighted by atomic mass is 9.88. The fraction of sp³-hybridized carbons (Fsp3) is 0.333. The average molecular weight is 270 g/mol. The van der Waals surface area contributed by atoms with Crippen molar-refractivity contribution in [3.8, 4) is 22.6 Å². The van der Waals surface area contributed by atoms with E-state index in [0.29, 0.717) is 5.56 Å². The van der Waals surface area contributed by atoms with Gasteiger partial charge in [0.2, 0.25) is 0 Å².